The van der Waals surface area contributed by atoms with Crippen LogP contribution in [0, 0.1) is 0 Å². The zero-order valence-corrected chi connectivity index (χ0v) is 13.8. The second-order valence-electron chi connectivity index (χ2n) is 5.85. The molecule has 0 spiro atoms. The number of carbonyl (C=O) groups excluding carboxylic acids is 2. The fourth-order valence-electron chi connectivity index (χ4n) is 2.95. The normalized spacial score (nSPS) is 16.5. The van der Waals surface area contributed by atoms with Crippen molar-refractivity contribution in [1.82, 2.24) is 10.2 Å². The lowest BCUT2D eigenvalue weighted by molar-refractivity contribution is -0.140. The lowest BCUT2D eigenvalue weighted by Crippen LogP contribution is -2.45. The van der Waals surface area contributed by atoms with Gasteiger partial charge in [-0.25, -0.2) is 0 Å². The summed E-state index contributed by atoms with van der Waals surface area (Å²) in [5.74, 6) is 0.559. The van der Waals surface area contributed by atoms with Gasteiger partial charge in [0, 0.05) is 13.6 Å². The third kappa shape index (κ3) is 3.11. The van der Waals surface area contributed by atoms with Crippen LogP contribution in [0.4, 0.5) is 0 Å². The smallest absolute Gasteiger partial charge is 0.247 e. The van der Waals surface area contributed by atoms with Gasteiger partial charge >= 0.3 is 0 Å². The number of methoxy groups -OCH3 is 1. The highest BCUT2D eigenvalue weighted by Gasteiger charge is 2.34. The van der Waals surface area contributed by atoms with Crippen molar-refractivity contribution in [3.05, 3.63) is 65.2 Å². The Morgan fingerprint density at radius 2 is 1.92 bits per heavy atom. The first-order chi connectivity index (χ1) is 11.6. The van der Waals surface area contributed by atoms with Crippen molar-refractivity contribution in [2.24, 2.45) is 0 Å². The van der Waals surface area contributed by atoms with Gasteiger partial charge in [-0.05, 0) is 28.8 Å². The van der Waals surface area contributed by atoms with Crippen LogP contribution in [-0.4, -0.2) is 30.9 Å². The predicted molar refractivity (Wildman–Crippen MR) is 90.5 cm³/mol. The number of carbonyl (C=O) groups is 2. The molecular weight excluding hydrogens is 304 g/mol. The summed E-state index contributed by atoms with van der Waals surface area (Å²) in [6.07, 6.45) is 0.342. The van der Waals surface area contributed by atoms with E-state index in [9.17, 15) is 9.59 Å². The maximum Gasteiger partial charge on any atom is 0.247 e. The summed E-state index contributed by atoms with van der Waals surface area (Å²) < 4.78 is 5.12. The van der Waals surface area contributed by atoms with Gasteiger partial charge in [0.05, 0.1) is 13.5 Å². The minimum atomic E-state index is -0.583. The van der Waals surface area contributed by atoms with Crippen molar-refractivity contribution in [2.75, 3.05) is 14.2 Å². The van der Waals surface area contributed by atoms with Crippen molar-refractivity contribution in [3.8, 4) is 5.75 Å². The number of fused-ring (bicyclic) bond motifs is 1. The van der Waals surface area contributed by atoms with Gasteiger partial charge in [0.1, 0.15) is 11.8 Å². The first-order valence-electron chi connectivity index (χ1n) is 7.84. The first kappa shape index (κ1) is 16.1. The summed E-state index contributed by atoms with van der Waals surface area (Å²) in [5, 5.41) is 2.92. The van der Waals surface area contributed by atoms with Crippen molar-refractivity contribution in [1.29, 1.82) is 0 Å². The van der Waals surface area contributed by atoms with Crippen LogP contribution >= 0.6 is 0 Å². The Morgan fingerprint density at radius 1 is 1.21 bits per heavy atom. The number of ether oxygens (including phenoxy) is 1. The summed E-state index contributed by atoms with van der Waals surface area (Å²) in [5.41, 5.74) is 2.79. The molecular formula is C19H20N2O3. The van der Waals surface area contributed by atoms with Gasteiger partial charge in [-0.2, -0.15) is 0 Å². The van der Waals surface area contributed by atoms with E-state index in [0.717, 1.165) is 22.4 Å². The van der Waals surface area contributed by atoms with Gasteiger partial charge in [-0.1, -0.05) is 36.4 Å². The van der Waals surface area contributed by atoms with Crippen LogP contribution in [0.2, 0.25) is 0 Å². The lowest BCUT2D eigenvalue weighted by atomic mass is 9.92. The van der Waals surface area contributed by atoms with E-state index in [-0.39, 0.29) is 11.8 Å². The minimum Gasteiger partial charge on any atom is -0.497 e. The summed E-state index contributed by atoms with van der Waals surface area (Å²) >= 11 is 0. The van der Waals surface area contributed by atoms with E-state index in [1.807, 2.05) is 48.5 Å². The highest BCUT2D eigenvalue weighted by molar-refractivity contribution is 5.92. The van der Waals surface area contributed by atoms with Gasteiger partial charge < -0.3 is 15.0 Å². The van der Waals surface area contributed by atoms with Crippen LogP contribution in [0.25, 0.3) is 0 Å². The molecule has 0 fully saturated rings. The van der Waals surface area contributed by atoms with Gasteiger partial charge in [0.25, 0.3) is 0 Å². The van der Waals surface area contributed by atoms with E-state index >= 15 is 0 Å². The second-order valence-corrected chi connectivity index (χ2v) is 5.85. The number of hydrogen-bond donors (Lipinski definition) is 1. The molecule has 1 heterocycles. The fraction of sp³-hybridized carbons (Fsp3) is 0.263. The molecule has 0 saturated heterocycles. The fourth-order valence-corrected chi connectivity index (χ4v) is 2.95. The topological polar surface area (TPSA) is 58.6 Å². The average molecular weight is 324 g/mol. The standard InChI is InChI=1S/C19H20N2O3/c1-21-17(22)11-14-5-3-4-6-16(14)18(21)19(23)20-12-13-7-9-15(24-2)10-8-13/h3-10,18H,11-12H2,1-2H3,(H,20,23)/t18-/m1/s1. The highest BCUT2D eigenvalue weighted by Crippen LogP contribution is 2.29. The summed E-state index contributed by atoms with van der Waals surface area (Å²) in [7, 11) is 3.29. The van der Waals surface area contributed by atoms with Crippen molar-refractivity contribution < 1.29 is 14.3 Å². The van der Waals surface area contributed by atoms with E-state index in [4.69, 9.17) is 4.74 Å². The molecule has 0 aliphatic carbocycles. The van der Waals surface area contributed by atoms with Crippen LogP contribution in [-0.2, 0) is 22.6 Å². The molecule has 2 amide bonds. The molecule has 2 aromatic rings. The number of nitrogens with zero attached hydrogens (tertiary/aromatic N) is 1. The summed E-state index contributed by atoms with van der Waals surface area (Å²) in [6.45, 7) is 0.406. The Balaban J connectivity index is 1.75. The molecule has 5 heteroatoms. The van der Waals surface area contributed by atoms with E-state index in [0.29, 0.717) is 13.0 Å². The second kappa shape index (κ2) is 6.74. The molecule has 1 aliphatic heterocycles. The Morgan fingerprint density at radius 3 is 2.62 bits per heavy atom. The zero-order valence-electron chi connectivity index (χ0n) is 13.8. The number of benzene rings is 2. The SMILES string of the molecule is COc1ccc(CNC(=O)[C@H]2c3ccccc3CC(=O)N2C)cc1. The zero-order chi connectivity index (χ0) is 17.1. The molecule has 0 saturated carbocycles. The highest BCUT2D eigenvalue weighted by atomic mass is 16.5. The van der Waals surface area contributed by atoms with Crippen LogP contribution in [0.15, 0.2) is 48.5 Å². The lowest BCUT2D eigenvalue weighted by Gasteiger charge is -2.33. The molecule has 124 valence electrons. The first-order valence-corrected chi connectivity index (χ1v) is 7.84. The maximum absolute atomic E-state index is 12.7. The van der Waals surface area contributed by atoms with Gasteiger partial charge in [0.2, 0.25) is 11.8 Å². The Bertz CT molecular complexity index is 755. The van der Waals surface area contributed by atoms with Crippen LogP contribution in [0.5, 0.6) is 5.75 Å². The molecule has 1 aliphatic rings. The van der Waals surface area contributed by atoms with Crippen molar-refractivity contribution in [2.45, 2.75) is 19.0 Å². The number of rotatable bonds is 4. The molecule has 1 N–H and O–H groups in total. The molecule has 1 atom stereocenters. The quantitative estimate of drug-likeness (QED) is 0.936. The van der Waals surface area contributed by atoms with Crippen LogP contribution in [0.1, 0.15) is 22.7 Å². The third-order valence-corrected chi connectivity index (χ3v) is 4.35. The number of amides is 2. The van der Waals surface area contributed by atoms with E-state index in [1.165, 1.54) is 4.90 Å². The van der Waals surface area contributed by atoms with Crippen molar-refractivity contribution in [3.63, 3.8) is 0 Å². The number of hydrogen-bond acceptors (Lipinski definition) is 3. The van der Waals surface area contributed by atoms with E-state index in [1.54, 1.807) is 14.2 Å². The third-order valence-electron chi connectivity index (χ3n) is 4.35. The molecule has 0 unspecified atom stereocenters. The number of likely N-dealkylation sites (N-methyl/N-ethyl adjacent to an activating group) is 1. The van der Waals surface area contributed by atoms with Gasteiger partial charge in [0.15, 0.2) is 0 Å². The largest absolute Gasteiger partial charge is 0.497 e. The molecule has 5 nitrogen and oxygen atoms in total. The molecule has 2 aromatic carbocycles. The summed E-state index contributed by atoms with van der Waals surface area (Å²) in [6, 6.07) is 14.5. The van der Waals surface area contributed by atoms with Crippen LogP contribution in [0.3, 0.4) is 0 Å². The van der Waals surface area contributed by atoms with E-state index in [2.05, 4.69) is 5.32 Å². The van der Waals surface area contributed by atoms with E-state index < -0.39 is 6.04 Å². The van der Waals surface area contributed by atoms with Gasteiger partial charge in [-0.15, -0.1) is 0 Å². The molecule has 0 radical (unpaired) electrons. The van der Waals surface area contributed by atoms with Crippen LogP contribution < -0.4 is 10.1 Å². The molecule has 24 heavy (non-hydrogen) atoms. The minimum absolute atomic E-state index is 0.0432. The molecule has 0 aromatic heterocycles. The molecule has 0 bridgehead atoms. The summed E-state index contributed by atoms with van der Waals surface area (Å²) in [4.78, 5) is 26.4. The molecule has 3 rings (SSSR count). The predicted octanol–water partition coefficient (Wildman–Crippen LogP) is 2.07. The average Bonchev–Trinajstić information content (AvgIpc) is 2.61. The van der Waals surface area contributed by atoms with Gasteiger partial charge in [-0.3, -0.25) is 9.59 Å². The number of nitrogens with one attached hydrogen (secondary N) is 1. The Kier molecular flexibility index (Phi) is 4.51. The Labute approximate surface area is 141 Å². The Hall–Kier alpha value is -2.82. The van der Waals surface area contributed by atoms with Crippen molar-refractivity contribution >= 4 is 11.8 Å². The maximum atomic E-state index is 12.7. The monoisotopic (exact) mass is 324 g/mol.